The van der Waals surface area contributed by atoms with Crippen LogP contribution in [0.1, 0.15) is 34.0 Å². The number of aromatic nitrogens is 1. The Hall–Kier alpha value is -1.18. The van der Waals surface area contributed by atoms with Crippen molar-refractivity contribution >= 4 is 38.3 Å². The third-order valence-electron chi connectivity index (χ3n) is 3.32. The van der Waals surface area contributed by atoms with Crippen molar-refractivity contribution in [3.05, 3.63) is 33.6 Å². The summed E-state index contributed by atoms with van der Waals surface area (Å²) in [6.07, 6.45) is 5.55. The number of halogens is 1. The fourth-order valence-electron chi connectivity index (χ4n) is 2.24. The molecule has 1 fully saturated rings. The molecule has 0 saturated carbocycles. The Morgan fingerprint density at radius 1 is 1.50 bits per heavy atom. The zero-order valence-electron chi connectivity index (χ0n) is 10.7. The standard InChI is InChI=1S/C13H14BrN3O2S/c14-11-5-9(7-19-11)12(18)17-13-16-6-10(20-13)8-1-3-15-4-2-8/h5-8,15H,1-4H2,(H,16,17,18). The van der Waals surface area contributed by atoms with Crippen LogP contribution in [0.4, 0.5) is 5.13 Å². The zero-order valence-corrected chi connectivity index (χ0v) is 13.1. The molecule has 7 heteroatoms. The molecule has 1 saturated heterocycles. The van der Waals surface area contributed by atoms with Crippen molar-refractivity contribution in [2.24, 2.45) is 0 Å². The first-order chi connectivity index (χ1) is 9.72. The van der Waals surface area contributed by atoms with Gasteiger partial charge in [-0.3, -0.25) is 10.1 Å². The van der Waals surface area contributed by atoms with E-state index >= 15 is 0 Å². The Kier molecular flexibility index (Phi) is 4.18. The van der Waals surface area contributed by atoms with Gasteiger partial charge in [-0.1, -0.05) is 0 Å². The van der Waals surface area contributed by atoms with Crippen LogP contribution in [-0.4, -0.2) is 24.0 Å². The van der Waals surface area contributed by atoms with E-state index in [4.69, 9.17) is 4.42 Å². The SMILES string of the molecule is O=C(Nc1ncc(C2CCNCC2)s1)c1coc(Br)c1. The Morgan fingerprint density at radius 3 is 3.00 bits per heavy atom. The van der Waals surface area contributed by atoms with E-state index in [0.717, 1.165) is 25.9 Å². The van der Waals surface area contributed by atoms with Crippen LogP contribution in [-0.2, 0) is 0 Å². The van der Waals surface area contributed by atoms with Gasteiger partial charge in [0, 0.05) is 17.1 Å². The number of rotatable bonds is 3. The molecule has 0 aromatic carbocycles. The molecule has 0 spiro atoms. The average molecular weight is 356 g/mol. The summed E-state index contributed by atoms with van der Waals surface area (Å²) in [6.45, 7) is 2.10. The first kappa shape index (κ1) is 13.8. The van der Waals surface area contributed by atoms with Gasteiger partial charge in [-0.05, 0) is 47.8 Å². The second-order valence-corrected chi connectivity index (χ2v) is 6.53. The molecule has 3 heterocycles. The molecule has 1 aliphatic rings. The molecule has 2 N–H and O–H groups in total. The second-order valence-electron chi connectivity index (χ2n) is 4.69. The number of piperidine rings is 1. The Balaban J connectivity index is 1.66. The number of anilines is 1. The predicted octanol–water partition coefficient (Wildman–Crippen LogP) is 3.22. The van der Waals surface area contributed by atoms with Crippen molar-refractivity contribution < 1.29 is 9.21 Å². The third kappa shape index (κ3) is 3.11. The van der Waals surface area contributed by atoms with Crippen molar-refractivity contribution in [2.45, 2.75) is 18.8 Å². The van der Waals surface area contributed by atoms with Gasteiger partial charge in [0.15, 0.2) is 9.80 Å². The van der Waals surface area contributed by atoms with E-state index in [2.05, 4.69) is 31.5 Å². The quantitative estimate of drug-likeness (QED) is 0.886. The highest BCUT2D eigenvalue weighted by molar-refractivity contribution is 9.10. The number of carbonyl (C=O) groups excluding carboxylic acids is 1. The van der Waals surface area contributed by atoms with Crippen LogP contribution in [0.3, 0.4) is 0 Å². The summed E-state index contributed by atoms with van der Waals surface area (Å²) in [5.74, 6) is 0.355. The third-order valence-corrected chi connectivity index (χ3v) is 4.81. The lowest BCUT2D eigenvalue weighted by Gasteiger charge is -2.20. The smallest absolute Gasteiger partial charge is 0.260 e. The maximum absolute atomic E-state index is 12.0. The normalized spacial score (nSPS) is 16.2. The minimum Gasteiger partial charge on any atom is -0.457 e. The molecule has 2 aromatic rings. The molecule has 3 rings (SSSR count). The molecule has 0 aliphatic carbocycles. The zero-order chi connectivity index (χ0) is 13.9. The molecule has 106 valence electrons. The van der Waals surface area contributed by atoms with Gasteiger partial charge in [-0.2, -0.15) is 0 Å². The maximum Gasteiger partial charge on any atom is 0.260 e. The number of furan rings is 1. The number of carbonyl (C=O) groups is 1. The van der Waals surface area contributed by atoms with Crippen molar-refractivity contribution in [3.63, 3.8) is 0 Å². The Bertz CT molecular complexity index is 604. The second kappa shape index (κ2) is 6.07. The number of hydrogen-bond donors (Lipinski definition) is 2. The number of hydrogen-bond acceptors (Lipinski definition) is 5. The molecule has 0 atom stereocenters. The monoisotopic (exact) mass is 355 g/mol. The lowest BCUT2D eigenvalue weighted by molar-refractivity contribution is 0.102. The number of amides is 1. The van der Waals surface area contributed by atoms with E-state index in [1.165, 1.54) is 11.1 Å². The molecule has 20 heavy (non-hydrogen) atoms. The minimum absolute atomic E-state index is 0.203. The van der Waals surface area contributed by atoms with Gasteiger partial charge in [0.2, 0.25) is 0 Å². The van der Waals surface area contributed by atoms with E-state index in [1.54, 1.807) is 17.4 Å². The molecule has 0 bridgehead atoms. The molecule has 1 aliphatic heterocycles. The highest BCUT2D eigenvalue weighted by Gasteiger charge is 2.18. The van der Waals surface area contributed by atoms with Crippen molar-refractivity contribution in [1.29, 1.82) is 0 Å². The van der Waals surface area contributed by atoms with Crippen LogP contribution in [0.15, 0.2) is 27.6 Å². The van der Waals surface area contributed by atoms with Gasteiger partial charge in [0.05, 0.1) is 5.56 Å². The summed E-state index contributed by atoms with van der Waals surface area (Å²) >= 11 is 4.73. The highest BCUT2D eigenvalue weighted by atomic mass is 79.9. The van der Waals surface area contributed by atoms with Gasteiger partial charge < -0.3 is 9.73 Å². The molecule has 0 radical (unpaired) electrons. The Morgan fingerprint density at radius 2 is 2.30 bits per heavy atom. The van der Waals surface area contributed by atoms with Crippen LogP contribution in [0.2, 0.25) is 0 Å². The van der Waals surface area contributed by atoms with Gasteiger partial charge >= 0.3 is 0 Å². The number of nitrogens with zero attached hydrogens (tertiary/aromatic N) is 1. The molecule has 2 aromatic heterocycles. The fourth-order valence-corrected chi connectivity index (χ4v) is 3.56. The molecule has 0 unspecified atom stereocenters. The van der Waals surface area contributed by atoms with Crippen molar-refractivity contribution in [3.8, 4) is 0 Å². The van der Waals surface area contributed by atoms with Crippen LogP contribution >= 0.6 is 27.3 Å². The maximum atomic E-state index is 12.0. The van der Waals surface area contributed by atoms with Gasteiger partial charge in [0.25, 0.3) is 5.91 Å². The van der Waals surface area contributed by atoms with Gasteiger partial charge in [-0.15, -0.1) is 11.3 Å². The largest absolute Gasteiger partial charge is 0.457 e. The van der Waals surface area contributed by atoms with Crippen LogP contribution in [0, 0.1) is 0 Å². The summed E-state index contributed by atoms with van der Waals surface area (Å²) < 4.78 is 5.59. The van der Waals surface area contributed by atoms with Crippen molar-refractivity contribution in [1.82, 2.24) is 10.3 Å². The lowest BCUT2D eigenvalue weighted by Crippen LogP contribution is -2.26. The first-order valence-corrected chi connectivity index (χ1v) is 8.05. The summed E-state index contributed by atoms with van der Waals surface area (Å²) in [6, 6.07) is 1.64. The average Bonchev–Trinajstić information content (AvgIpc) is 3.09. The van der Waals surface area contributed by atoms with Gasteiger partial charge in [0.1, 0.15) is 6.26 Å². The van der Waals surface area contributed by atoms with E-state index < -0.39 is 0 Å². The summed E-state index contributed by atoms with van der Waals surface area (Å²) in [4.78, 5) is 17.5. The summed E-state index contributed by atoms with van der Waals surface area (Å²) in [7, 11) is 0. The van der Waals surface area contributed by atoms with E-state index in [0.29, 0.717) is 21.3 Å². The minimum atomic E-state index is -0.203. The topological polar surface area (TPSA) is 67.2 Å². The summed E-state index contributed by atoms with van der Waals surface area (Å²) in [5.41, 5.74) is 0.482. The molecule has 5 nitrogen and oxygen atoms in total. The Labute approximate surface area is 128 Å². The lowest BCUT2D eigenvalue weighted by atomic mass is 9.97. The van der Waals surface area contributed by atoms with Crippen LogP contribution < -0.4 is 10.6 Å². The van der Waals surface area contributed by atoms with Crippen LogP contribution in [0.25, 0.3) is 0 Å². The first-order valence-electron chi connectivity index (χ1n) is 6.44. The molecule has 1 amide bonds. The van der Waals surface area contributed by atoms with E-state index in [9.17, 15) is 4.79 Å². The highest BCUT2D eigenvalue weighted by Crippen LogP contribution is 2.31. The predicted molar refractivity (Wildman–Crippen MR) is 81.3 cm³/mol. The number of thiazole rings is 1. The number of nitrogens with one attached hydrogen (secondary N) is 2. The van der Waals surface area contributed by atoms with E-state index in [-0.39, 0.29) is 5.91 Å². The van der Waals surface area contributed by atoms with E-state index in [1.807, 2.05) is 6.20 Å². The molecular formula is C13H14BrN3O2S. The summed E-state index contributed by atoms with van der Waals surface area (Å²) in [5, 5.41) is 6.79. The van der Waals surface area contributed by atoms with Crippen LogP contribution in [0.5, 0.6) is 0 Å². The van der Waals surface area contributed by atoms with Gasteiger partial charge in [-0.25, -0.2) is 4.98 Å². The fraction of sp³-hybridized carbons (Fsp3) is 0.385. The molecular weight excluding hydrogens is 342 g/mol. The van der Waals surface area contributed by atoms with Crippen molar-refractivity contribution in [2.75, 3.05) is 18.4 Å².